The molecule has 122 valence electrons. The minimum Gasteiger partial charge on any atom is -0.492 e. The van der Waals surface area contributed by atoms with Gasteiger partial charge in [-0.25, -0.2) is 0 Å². The predicted molar refractivity (Wildman–Crippen MR) is 95.8 cm³/mol. The van der Waals surface area contributed by atoms with E-state index >= 15 is 0 Å². The lowest BCUT2D eigenvalue weighted by Crippen LogP contribution is -2.17. The molecule has 1 amide bonds. The van der Waals surface area contributed by atoms with Gasteiger partial charge in [0.15, 0.2) is 0 Å². The van der Waals surface area contributed by atoms with E-state index in [0.717, 1.165) is 0 Å². The van der Waals surface area contributed by atoms with Crippen molar-refractivity contribution in [3.63, 3.8) is 0 Å². The Morgan fingerprint density at radius 3 is 2.48 bits per heavy atom. The van der Waals surface area contributed by atoms with E-state index in [9.17, 15) is 4.79 Å². The van der Waals surface area contributed by atoms with Gasteiger partial charge in [0.25, 0.3) is 0 Å². The first kappa shape index (κ1) is 17.4. The fraction of sp³-hybridized carbons (Fsp3) is 0.235. The number of carbonyl (C=O) groups is 1. The van der Waals surface area contributed by atoms with Crippen LogP contribution in [0.5, 0.6) is 5.75 Å². The van der Waals surface area contributed by atoms with Gasteiger partial charge in [0, 0.05) is 13.0 Å². The minimum atomic E-state index is -0.118. The quantitative estimate of drug-likeness (QED) is 0.749. The standard InChI is InChI=1S/C17H18Cl2N2O2/c1-2-23-15-9-4-3-8-14(15)21-16(22)10-11-20-17-12(18)6-5-7-13(17)19/h3-9,20H,2,10-11H2,1H3,(H,21,22). The summed E-state index contributed by atoms with van der Waals surface area (Å²) in [4.78, 5) is 12.1. The average Bonchev–Trinajstić information content (AvgIpc) is 2.52. The maximum atomic E-state index is 12.1. The van der Waals surface area contributed by atoms with Gasteiger partial charge in [0.2, 0.25) is 5.91 Å². The smallest absolute Gasteiger partial charge is 0.226 e. The molecule has 0 unspecified atom stereocenters. The van der Waals surface area contributed by atoms with Crippen molar-refractivity contribution in [3.05, 3.63) is 52.5 Å². The first-order chi connectivity index (χ1) is 11.1. The van der Waals surface area contributed by atoms with Crippen LogP contribution in [-0.4, -0.2) is 19.1 Å². The van der Waals surface area contributed by atoms with Crippen LogP contribution in [0.4, 0.5) is 11.4 Å². The molecule has 0 aliphatic rings. The Bertz CT molecular complexity index is 657. The van der Waals surface area contributed by atoms with Gasteiger partial charge >= 0.3 is 0 Å². The maximum absolute atomic E-state index is 12.1. The fourth-order valence-corrected chi connectivity index (χ4v) is 2.56. The largest absolute Gasteiger partial charge is 0.492 e. The summed E-state index contributed by atoms with van der Waals surface area (Å²) in [5.41, 5.74) is 1.30. The number of hydrogen-bond acceptors (Lipinski definition) is 3. The van der Waals surface area contributed by atoms with Gasteiger partial charge in [-0.2, -0.15) is 0 Å². The molecule has 4 nitrogen and oxygen atoms in total. The van der Waals surface area contributed by atoms with E-state index in [1.807, 2.05) is 25.1 Å². The molecular formula is C17H18Cl2N2O2. The summed E-state index contributed by atoms with van der Waals surface area (Å²) < 4.78 is 5.48. The molecule has 0 fully saturated rings. The molecule has 6 heteroatoms. The number of ether oxygens (including phenoxy) is 1. The Morgan fingerprint density at radius 1 is 1.09 bits per heavy atom. The van der Waals surface area contributed by atoms with Crippen LogP contribution in [0.3, 0.4) is 0 Å². The van der Waals surface area contributed by atoms with Gasteiger partial charge in [-0.05, 0) is 31.2 Å². The topological polar surface area (TPSA) is 50.4 Å². The van der Waals surface area contributed by atoms with Gasteiger partial charge in [-0.3, -0.25) is 4.79 Å². The summed E-state index contributed by atoms with van der Waals surface area (Å²) in [7, 11) is 0. The van der Waals surface area contributed by atoms with Crippen LogP contribution in [0.15, 0.2) is 42.5 Å². The summed E-state index contributed by atoms with van der Waals surface area (Å²) in [6.07, 6.45) is 0.280. The van der Waals surface area contributed by atoms with Crippen molar-refractivity contribution in [1.29, 1.82) is 0 Å². The molecule has 0 spiro atoms. The zero-order chi connectivity index (χ0) is 16.7. The molecule has 2 rings (SSSR count). The van der Waals surface area contributed by atoms with Gasteiger partial charge < -0.3 is 15.4 Å². The normalized spacial score (nSPS) is 10.2. The number of nitrogens with one attached hydrogen (secondary N) is 2. The van der Waals surface area contributed by atoms with Crippen molar-refractivity contribution in [3.8, 4) is 5.75 Å². The van der Waals surface area contributed by atoms with Crippen molar-refractivity contribution < 1.29 is 9.53 Å². The van der Waals surface area contributed by atoms with Crippen LogP contribution >= 0.6 is 23.2 Å². The highest BCUT2D eigenvalue weighted by molar-refractivity contribution is 6.39. The lowest BCUT2D eigenvalue weighted by atomic mass is 10.2. The monoisotopic (exact) mass is 352 g/mol. The molecule has 0 aromatic heterocycles. The van der Waals surface area contributed by atoms with Crippen molar-refractivity contribution in [1.82, 2.24) is 0 Å². The fourth-order valence-electron chi connectivity index (χ4n) is 2.03. The van der Waals surface area contributed by atoms with Crippen LogP contribution in [-0.2, 0) is 4.79 Å². The van der Waals surface area contributed by atoms with Gasteiger partial charge in [-0.1, -0.05) is 41.4 Å². The molecule has 0 bridgehead atoms. The lowest BCUT2D eigenvalue weighted by molar-refractivity contribution is -0.116. The summed E-state index contributed by atoms with van der Waals surface area (Å²) in [6.45, 7) is 2.86. The predicted octanol–water partition coefficient (Wildman–Crippen LogP) is 4.83. The first-order valence-electron chi connectivity index (χ1n) is 7.31. The molecule has 0 radical (unpaired) electrons. The number of carbonyl (C=O) groups excluding carboxylic acids is 1. The van der Waals surface area contributed by atoms with Crippen LogP contribution in [0.2, 0.25) is 10.0 Å². The molecule has 23 heavy (non-hydrogen) atoms. The highest BCUT2D eigenvalue weighted by atomic mass is 35.5. The molecule has 2 aromatic rings. The Hall–Kier alpha value is -1.91. The van der Waals surface area contributed by atoms with E-state index in [1.54, 1.807) is 24.3 Å². The number of anilines is 2. The number of para-hydroxylation sites is 3. The Labute approximate surface area is 145 Å². The molecule has 0 saturated carbocycles. The Balaban J connectivity index is 1.89. The van der Waals surface area contributed by atoms with E-state index in [0.29, 0.717) is 40.3 Å². The molecule has 0 saturated heterocycles. The van der Waals surface area contributed by atoms with E-state index in [4.69, 9.17) is 27.9 Å². The van der Waals surface area contributed by atoms with Crippen LogP contribution < -0.4 is 15.4 Å². The van der Waals surface area contributed by atoms with E-state index in [2.05, 4.69) is 10.6 Å². The van der Waals surface area contributed by atoms with Crippen molar-refractivity contribution in [2.45, 2.75) is 13.3 Å². The van der Waals surface area contributed by atoms with Crippen LogP contribution in [0.1, 0.15) is 13.3 Å². The second kappa shape index (κ2) is 8.65. The molecule has 0 heterocycles. The molecule has 0 atom stereocenters. The van der Waals surface area contributed by atoms with Crippen molar-refractivity contribution in [2.24, 2.45) is 0 Å². The third kappa shape index (κ3) is 5.05. The van der Waals surface area contributed by atoms with Crippen molar-refractivity contribution in [2.75, 3.05) is 23.8 Å². The van der Waals surface area contributed by atoms with Gasteiger partial charge in [-0.15, -0.1) is 0 Å². The second-order valence-corrected chi connectivity index (χ2v) is 5.57. The number of amides is 1. The summed E-state index contributed by atoms with van der Waals surface area (Å²) in [6, 6.07) is 12.6. The number of hydrogen-bond donors (Lipinski definition) is 2. The zero-order valence-electron chi connectivity index (χ0n) is 12.7. The molecule has 0 aliphatic heterocycles. The van der Waals surface area contributed by atoms with Gasteiger partial charge in [0.05, 0.1) is 28.0 Å². The maximum Gasteiger partial charge on any atom is 0.226 e. The number of benzene rings is 2. The average molecular weight is 353 g/mol. The summed E-state index contributed by atoms with van der Waals surface area (Å²) in [5, 5.41) is 6.98. The lowest BCUT2D eigenvalue weighted by Gasteiger charge is -2.12. The summed E-state index contributed by atoms with van der Waals surface area (Å²) >= 11 is 12.1. The van der Waals surface area contributed by atoms with Crippen LogP contribution in [0, 0.1) is 0 Å². The SMILES string of the molecule is CCOc1ccccc1NC(=O)CCNc1c(Cl)cccc1Cl. The number of halogens is 2. The molecule has 2 N–H and O–H groups in total. The highest BCUT2D eigenvalue weighted by Crippen LogP contribution is 2.29. The van der Waals surface area contributed by atoms with Crippen LogP contribution in [0.25, 0.3) is 0 Å². The van der Waals surface area contributed by atoms with Crippen molar-refractivity contribution >= 4 is 40.5 Å². The summed E-state index contributed by atoms with van der Waals surface area (Å²) in [5.74, 6) is 0.540. The zero-order valence-corrected chi connectivity index (χ0v) is 14.2. The van der Waals surface area contributed by atoms with Gasteiger partial charge in [0.1, 0.15) is 5.75 Å². The first-order valence-corrected chi connectivity index (χ1v) is 8.07. The third-order valence-corrected chi connectivity index (χ3v) is 3.71. The van der Waals surface area contributed by atoms with E-state index in [1.165, 1.54) is 0 Å². The second-order valence-electron chi connectivity index (χ2n) is 4.75. The number of rotatable bonds is 7. The Morgan fingerprint density at radius 2 is 1.78 bits per heavy atom. The third-order valence-electron chi connectivity index (χ3n) is 3.08. The molecule has 2 aromatic carbocycles. The Kier molecular flexibility index (Phi) is 6.56. The molecular weight excluding hydrogens is 335 g/mol. The minimum absolute atomic E-state index is 0.118. The van der Waals surface area contributed by atoms with E-state index < -0.39 is 0 Å². The highest BCUT2D eigenvalue weighted by Gasteiger charge is 2.09. The van der Waals surface area contributed by atoms with E-state index in [-0.39, 0.29) is 12.3 Å². The molecule has 0 aliphatic carbocycles.